The van der Waals surface area contributed by atoms with Gasteiger partial charge in [0.2, 0.25) is 15.9 Å². The number of carbonyl (C=O) groups excluding carboxylic acids is 1. The van der Waals surface area contributed by atoms with Crippen LogP contribution in [0, 0.1) is 5.92 Å². The van der Waals surface area contributed by atoms with E-state index in [1.807, 2.05) is 0 Å². The Balaban J connectivity index is 0.00000364. The van der Waals surface area contributed by atoms with Gasteiger partial charge in [0, 0.05) is 52.3 Å². The minimum absolute atomic E-state index is 0. The Morgan fingerprint density at radius 1 is 1.26 bits per heavy atom. The molecule has 1 unspecified atom stereocenters. The number of amides is 1. The summed E-state index contributed by atoms with van der Waals surface area (Å²) >= 11 is 0. The Morgan fingerprint density at radius 2 is 1.96 bits per heavy atom. The first-order valence-electron chi connectivity index (χ1n) is 9.04. The van der Waals surface area contributed by atoms with Gasteiger partial charge < -0.3 is 20.3 Å². The lowest BCUT2D eigenvalue weighted by molar-refractivity contribution is -0.127. The van der Waals surface area contributed by atoms with E-state index in [0.717, 1.165) is 32.5 Å². The Hall–Kier alpha value is -0.660. The molecule has 11 heteroatoms. The molecule has 27 heavy (non-hydrogen) atoms. The lowest BCUT2D eigenvalue weighted by Gasteiger charge is -2.24. The van der Waals surface area contributed by atoms with Crippen LogP contribution in [-0.2, 0) is 19.6 Å². The number of likely N-dealkylation sites (N-methyl/N-ethyl adjacent to an activating group) is 1. The molecule has 2 heterocycles. The van der Waals surface area contributed by atoms with Gasteiger partial charge in [-0.1, -0.05) is 0 Å². The quantitative estimate of drug-likeness (QED) is 0.273. The van der Waals surface area contributed by atoms with E-state index >= 15 is 0 Å². The molecule has 2 rings (SSSR count). The van der Waals surface area contributed by atoms with Crippen LogP contribution in [0.15, 0.2) is 4.99 Å². The first-order chi connectivity index (χ1) is 12.3. The van der Waals surface area contributed by atoms with Gasteiger partial charge in [0.05, 0.1) is 12.9 Å². The lowest BCUT2D eigenvalue weighted by Crippen LogP contribution is -2.47. The number of ether oxygens (including phenoxy) is 1. The predicted octanol–water partition coefficient (Wildman–Crippen LogP) is -0.312. The number of nitrogens with one attached hydrogen (secondary N) is 2. The van der Waals surface area contributed by atoms with Crippen molar-refractivity contribution in [1.29, 1.82) is 0 Å². The molecule has 0 aromatic heterocycles. The first-order valence-corrected chi connectivity index (χ1v) is 10.9. The first kappa shape index (κ1) is 24.4. The van der Waals surface area contributed by atoms with E-state index in [1.54, 1.807) is 14.1 Å². The predicted molar refractivity (Wildman–Crippen MR) is 116 cm³/mol. The molecule has 2 aliphatic heterocycles. The SMILES string of the molecule is CN(C)C(=O)CN=C(NCC1CCOC1)NC[C@H]1CCCN1S(C)(=O)=O.I. The zero-order valence-corrected chi connectivity index (χ0v) is 19.5. The molecule has 0 aliphatic carbocycles. The molecule has 0 spiro atoms. The van der Waals surface area contributed by atoms with E-state index in [4.69, 9.17) is 4.74 Å². The molecule has 0 saturated carbocycles. The molecule has 2 aliphatic rings. The third-order valence-corrected chi connectivity index (χ3v) is 6.04. The second-order valence-electron chi connectivity index (χ2n) is 7.11. The zero-order valence-electron chi connectivity index (χ0n) is 16.3. The summed E-state index contributed by atoms with van der Waals surface area (Å²) in [5, 5.41) is 6.46. The lowest BCUT2D eigenvalue weighted by atomic mass is 10.1. The summed E-state index contributed by atoms with van der Waals surface area (Å²) in [6.07, 6.45) is 3.92. The summed E-state index contributed by atoms with van der Waals surface area (Å²) < 4.78 is 30.6. The number of nitrogens with zero attached hydrogens (tertiary/aromatic N) is 3. The summed E-state index contributed by atoms with van der Waals surface area (Å²) in [5.74, 6) is 0.868. The second kappa shape index (κ2) is 11.4. The van der Waals surface area contributed by atoms with E-state index < -0.39 is 10.0 Å². The van der Waals surface area contributed by atoms with E-state index in [9.17, 15) is 13.2 Å². The molecule has 9 nitrogen and oxygen atoms in total. The number of carbonyl (C=O) groups is 1. The number of rotatable bonds is 7. The van der Waals surface area contributed by atoms with E-state index in [2.05, 4.69) is 15.6 Å². The normalized spacial score (nSPS) is 23.7. The van der Waals surface area contributed by atoms with Crippen LogP contribution < -0.4 is 10.6 Å². The highest BCUT2D eigenvalue weighted by Gasteiger charge is 2.31. The molecule has 2 N–H and O–H groups in total. The molecule has 158 valence electrons. The van der Waals surface area contributed by atoms with Crippen molar-refractivity contribution < 1.29 is 17.9 Å². The van der Waals surface area contributed by atoms with Crippen molar-refractivity contribution in [3.05, 3.63) is 0 Å². The van der Waals surface area contributed by atoms with E-state index in [0.29, 0.717) is 31.5 Å². The van der Waals surface area contributed by atoms with Gasteiger partial charge in [-0.15, -0.1) is 24.0 Å². The molecule has 0 radical (unpaired) electrons. The van der Waals surface area contributed by atoms with Gasteiger partial charge in [0.25, 0.3) is 0 Å². The Labute approximate surface area is 179 Å². The van der Waals surface area contributed by atoms with Gasteiger partial charge in [-0.05, 0) is 19.3 Å². The summed E-state index contributed by atoms with van der Waals surface area (Å²) in [6.45, 7) is 3.28. The molecule has 2 atom stereocenters. The average molecular weight is 517 g/mol. The number of halogens is 1. The molecule has 1 amide bonds. The van der Waals surface area contributed by atoms with Crippen LogP contribution in [-0.4, -0.2) is 95.3 Å². The number of guanidine groups is 1. The van der Waals surface area contributed by atoms with E-state index in [1.165, 1.54) is 15.5 Å². The van der Waals surface area contributed by atoms with Crippen LogP contribution >= 0.6 is 24.0 Å². The fraction of sp³-hybridized carbons (Fsp3) is 0.875. The van der Waals surface area contributed by atoms with Crippen LogP contribution in [0.1, 0.15) is 19.3 Å². The Morgan fingerprint density at radius 3 is 2.56 bits per heavy atom. The molecule has 0 aromatic carbocycles. The van der Waals surface area contributed by atoms with Crippen LogP contribution in [0.25, 0.3) is 0 Å². The van der Waals surface area contributed by atoms with Crippen LogP contribution in [0.4, 0.5) is 0 Å². The minimum atomic E-state index is -3.21. The highest BCUT2D eigenvalue weighted by Crippen LogP contribution is 2.19. The third-order valence-electron chi connectivity index (χ3n) is 4.71. The largest absolute Gasteiger partial charge is 0.381 e. The van der Waals surface area contributed by atoms with Crippen LogP contribution in [0.3, 0.4) is 0 Å². The monoisotopic (exact) mass is 517 g/mol. The number of aliphatic imine (C=N–C) groups is 1. The maximum absolute atomic E-state index is 11.9. The summed E-state index contributed by atoms with van der Waals surface area (Å²) in [7, 11) is 0.176. The number of sulfonamides is 1. The topological polar surface area (TPSA) is 103 Å². The molecule has 2 saturated heterocycles. The van der Waals surface area contributed by atoms with E-state index in [-0.39, 0.29) is 42.5 Å². The second-order valence-corrected chi connectivity index (χ2v) is 9.05. The highest BCUT2D eigenvalue weighted by atomic mass is 127. The van der Waals surface area contributed by atoms with Gasteiger partial charge >= 0.3 is 0 Å². The fourth-order valence-electron chi connectivity index (χ4n) is 3.11. The minimum Gasteiger partial charge on any atom is -0.381 e. The number of hydrogen-bond acceptors (Lipinski definition) is 5. The van der Waals surface area contributed by atoms with Crippen molar-refractivity contribution in [2.45, 2.75) is 25.3 Å². The van der Waals surface area contributed by atoms with Crippen molar-refractivity contribution in [3.63, 3.8) is 0 Å². The van der Waals surface area contributed by atoms with Crippen molar-refractivity contribution in [3.8, 4) is 0 Å². The number of hydrogen-bond donors (Lipinski definition) is 2. The van der Waals surface area contributed by atoms with Crippen molar-refractivity contribution >= 4 is 45.9 Å². The van der Waals surface area contributed by atoms with Gasteiger partial charge in [0.15, 0.2) is 5.96 Å². The molecular formula is C16H32IN5O4S. The highest BCUT2D eigenvalue weighted by molar-refractivity contribution is 14.0. The third kappa shape index (κ3) is 8.08. The average Bonchev–Trinajstić information content (AvgIpc) is 3.24. The zero-order chi connectivity index (χ0) is 19.2. The maximum Gasteiger partial charge on any atom is 0.243 e. The van der Waals surface area contributed by atoms with Gasteiger partial charge in [-0.2, -0.15) is 4.31 Å². The summed E-state index contributed by atoms with van der Waals surface area (Å²) in [4.78, 5) is 17.7. The molecular weight excluding hydrogens is 485 g/mol. The van der Waals surface area contributed by atoms with Gasteiger partial charge in [-0.25, -0.2) is 13.4 Å². The molecule has 0 bridgehead atoms. The standard InChI is InChI=1S/C16H31N5O4S.HI/c1-20(2)15(22)11-19-16(17-9-13-6-8-25-12-13)18-10-14-5-4-7-21(14)26(3,23)24;/h13-14H,4-12H2,1-3H3,(H2,17,18,19);1H/t13?,14-;/m1./s1. The van der Waals surface area contributed by atoms with Crippen LogP contribution in [0.2, 0.25) is 0 Å². The molecule has 2 fully saturated rings. The van der Waals surface area contributed by atoms with Gasteiger partial charge in [-0.3, -0.25) is 4.79 Å². The van der Waals surface area contributed by atoms with Crippen molar-refractivity contribution in [1.82, 2.24) is 19.8 Å². The van der Waals surface area contributed by atoms with Crippen molar-refractivity contribution in [2.24, 2.45) is 10.9 Å². The van der Waals surface area contributed by atoms with Gasteiger partial charge in [0.1, 0.15) is 6.54 Å². The Bertz CT molecular complexity index is 608. The van der Waals surface area contributed by atoms with Crippen LogP contribution in [0.5, 0.6) is 0 Å². The van der Waals surface area contributed by atoms with Crippen molar-refractivity contribution in [2.75, 3.05) is 59.7 Å². The summed E-state index contributed by atoms with van der Waals surface area (Å²) in [5.41, 5.74) is 0. The molecule has 0 aromatic rings. The summed E-state index contributed by atoms with van der Waals surface area (Å²) in [6, 6.07) is -0.0867. The maximum atomic E-state index is 11.9. The fourth-order valence-corrected chi connectivity index (χ4v) is 4.29. The Kier molecular flexibility index (Phi) is 10.3. The smallest absolute Gasteiger partial charge is 0.243 e.